The summed E-state index contributed by atoms with van der Waals surface area (Å²) in [4.78, 5) is 21.2. The Morgan fingerprint density at radius 2 is 2.00 bits per heavy atom. The van der Waals surface area contributed by atoms with Gasteiger partial charge in [0.15, 0.2) is 0 Å². The Bertz CT molecular complexity index is 265. The highest BCUT2D eigenvalue weighted by Crippen LogP contribution is 2.18. The molecule has 6 heteroatoms. The number of Topliss-reactive ketones (excluding diaryl/α,β-unsaturated/α-hetero) is 1. The van der Waals surface area contributed by atoms with Gasteiger partial charge in [0.05, 0.1) is 6.61 Å². The summed E-state index contributed by atoms with van der Waals surface area (Å²) in [6.07, 6.45) is 0.530. The van der Waals surface area contributed by atoms with Crippen molar-refractivity contribution in [2.75, 3.05) is 6.61 Å². The van der Waals surface area contributed by atoms with Crippen LogP contribution in [0, 0.1) is 0 Å². The molecule has 0 fully saturated rings. The first kappa shape index (κ1) is 12.5. The molecule has 0 aromatic heterocycles. The fraction of sp³-hybridized carbons (Fsp3) is 0.500. The molecule has 80 valence electrons. The molecule has 0 radical (unpaired) electrons. The molecule has 0 atom stereocenters. The molecule has 0 unspecified atom stereocenters. The third-order valence-corrected chi connectivity index (χ3v) is 1.24. The third-order valence-electron chi connectivity index (χ3n) is 1.24. The monoisotopic (exact) mass is 208 g/mol. The Hall–Kier alpha value is -1.46. The lowest BCUT2D eigenvalue weighted by Crippen LogP contribution is -2.29. The zero-order valence-corrected chi connectivity index (χ0v) is 7.71. The second-order valence-corrected chi connectivity index (χ2v) is 2.51. The van der Waals surface area contributed by atoms with Crippen molar-refractivity contribution >= 4 is 11.8 Å². The van der Waals surface area contributed by atoms with E-state index in [1.54, 1.807) is 0 Å². The number of carboxylic acid groups (broad SMARTS) is 1. The van der Waals surface area contributed by atoms with Crippen molar-refractivity contribution in [1.82, 2.24) is 0 Å². The van der Waals surface area contributed by atoms with Gasteiger partial charge in [-0.3, -0.25) is 4.79 Å². The molecule has 1 N–H and O–H groups in total. The summed E-state index contributed by atoms with van der Waals surface area (Å²) in [5.74, 6) is -7.20. The van der Waals surface area contributed by atoms with Crippen molar-refractivity contribution in [1.29, 1.82) is 0 Å². The molecule has 0 aliphatic heterocycles. The van der Waals surface area contributed by atoms with Crippen LogP contribution >= 0.6 is 0 Å². The second kappa shape index (κ2) is 4.69. The van der Waals surface area contributed by atoms with Crippen LogP contribution in [0.4, 0.5) is 8.78 Å². The molecule has 0 saturated heterocycles. The number of ether oxygens (including phenoxy) is 1. The standard InChI is InChI=1S/C8H10F2O4/c1-3-14-4-5(7(12)13)6(11)8(2,9)10/h4H,3H2,1-2H3,(H,12,13). The van der Waals surface area contributed by atoms with E-state index >= 15 is 0 Å². The van der Waals surface area contributed by atoms with Crippen LogP contribution in [0.1, 0.15) is 13.8 Å². The molecule has 0 saturated carbocycles. The number of halogens is 2. The molecule has 4 nitrogen and oxygen atoms in total. The summed E-state index contributed by atoms with van der Waals surface area (Å²) in [5, 5.41) is 8.43. The summed E-state index contributed by atoms with van der Waals surface area (Å²) in [6.45, 7) is 1.96. The first-order valence-corrected chi connectivity index (χ1v) is 3.78. The highest BCUT2D eigenvalue weighted by Gasteiger charge is 2.38. The molecule has 0 rings (SSSR count). The molecule has 0 aromatic carbocycles. The number of hydrogen-bond donors (Lipinski definition) is 1. The normalized spacial score (nSPS) is 12.4. The third kappa shape index (κ3) is 3.51. The largest absolute Gasteiger partial charge is 0.500 e. The first-order chi connectivity index (χ1) is 6.30. The number of hydrogen-bond acceptors (Lipinski definition) is 3. The summed E-state index contributed by atoms with van der Waals surface area (Å²) < 4.78 is 29.4. The van der Waals surface area contributed by atoms with Gasteiger partial charge in [-0.25, -0.2) is 4.79 Å². The summed E-state index contributed by atoms with van der Waals surface area (Å²) in [7, 11) is 0. The number of ketones is 1. The Balaban J connectivity index is 4.86. The molecular weight excluding hydrogens is 198 g/mol. The summed E-state index contributed by atoms with van der Waals surface area (Å²) in [6, 6.07) is 0. The molecule has 0 spiro atoms. The maximum Gasteiger partial charge on any atom is 0.342 e. The molecule has 14 heavy (non-hydrogen) atoms. The van der Waals surface area contributed by atoms with E-state index in [0.717, 1.165) is 0 Å². The van der Waals surface area contributed by atoms with E-state index in [2.05, 4.69) is 4.74 Å². The molecule has 0 aromatic rings. The van der Waals surface area contributed by atoms with Crippen LogP contribution in [0.2, 0.25) is 0 Å². The molecule has 0 bridgehead atoms. The lowest BCUT2D eigenvalue weighted by Gasteiger charge is -2.08. The molecule has 0 amide bonds. The van der Waals surface area contributed by atoms with Gasteiger partial charge in [0, 0.05) is 6.92 Å². The molecule has 0 aliphatic carbocycles. The number of alkyl halides is 2. The van der Waals surface area contributed by atoms with Crippen LogP contribution in [0.5, 0.6) is 0 Å². The lowest BCUT2D eigenvalue weighted by atomic mass is 10.1. The van der Waals surface area contributed by atoms with Gasteiger partial charge in [-0.1, -0.05) is 0 Å². The van der Waals surface area contributed by atoms with Crippen molar-refractivity contribution < 1.29 is 28.2 Å². The summed E-state index contributed by atoms with van der Waals surface area (Å²) in [5.41, 5.74) is -1.06. The van der Waals surface area contributed by atoms with Crippen molar-refractivity contribution in [3.05, 3.63) is 11.8 Å². The molecular formula is C8H10F2O4. The number of rotatable bonds is 5. The zero-order valence-electron chi connectivity index (χ0n) is 7.71. The number of aliphatic carboxylic acids is 1. The van der Waals surface area contributed by atoms with Crippen LogP contribution < -0.4 is 0 Å². The number of carbonyl (C=O) groups is 2. The van der Waals surface area contributed by atoms with Gasteiger partial charge in [0.2, 0.25) is 5.78 Å². The number of carboxylic acids is 1. The van der Waals surface area contributed by atoms with Gasteiger partial charge in [-0.05, 0) is 6.92 Å². The topological polar surface area (TPSA) is 63.6 Å². The minimum absolute atomic E-state index is 0.0966. The predicted octanol–water partition coefficient (Wildman–Crippen LogP) is 1.22. The van der Waals surface area contributed by atoms with Crippen LogP contribution in [0.25, 0.3) is 0 Å². The smallest absolute Gasteiger partial charge is 0.342 e. The van der Waals surface area contributed by atoms with Gasteiger partial charge in [0.1, 0.15) is 11.8 Å². The maximum atomic E-state index is 12.4. The fourth-order valence-corrected chi connectivity index (χ4v) is 0.604. The van der Waals surface area contributed by atoms with Crippen LogP contribution in [0.3, 0.4) is 0 Å². The Kier molecular flexibility index (Phi) is 4.20. The Labute approximate surface area is 79.2 Å². The number of carbonyl (C=O) groups excluding carboxylic acids is 1. The molecule has 0 heterocycles. The minimum Gasteiger partial charge on any atom is -0.500 e. The summed E-state index contributed by atoms with van der Waals surface area (Å²) >= 11 is 0. The lowest BCUT2D eigenvalue weighted by molar-refractivity contribution is -0.142. The maximum absolute atomic E-state index is 12.4. The van der Waals surface area contributed by atoms with E-state index in [-0.39, 0.29) is 6.61 Å². The van der Waals surface area contributed by atoms with Gasteiger partial charge in [-0.15, -0.1) is 0 Å². The minimum atomic E-state index is -3.71. The molecule has 0 aliphatic rings. The average molecular weight is 208 g/mol. The Morgan fingerprint density at radius 1 is 1.50 bits per heavy atom. The van der Waals surface area contributed by atoms with Gasteiger partial charge < -0.3 is 9.84 Å². The van der Waals surface area contributed by atoms with E-state index in [1.807, 2.05) is 0 Å². The van der Waals surface area contributed by atoms with E-state index in [1.165, 1.54) is 6.92 Å². The van der Waals surface area contributed by atoms with E-state index in [4.69, 9.17) is 5.11 Å². The van der Waals surface area contributed by atoms with Crippen LogP contribution in [-0.4, -0.2) is 29.4 Å². The quantitative estimate of drug-likeness (QED) is 0.319. The van der Waals surface area contributed by atoms with Crippen LogP contribution in [-0.2, 0) is 14.3 Å². The van der Waals surface area contributed by atoms with E-state index in [9.17, 15) is 18.4 Å². The van der Waals surface area contributed by atoms with Gasteiger partial charge >= 0.3 is 11.9 Å². The highest BCUT2D eigenvalue weighted by atomic mass is 19.3. The first-order valence-electron chi connectivity index (χ1n) is 3.78. The second-order valence-electron chi connectivity index (χ2n) is 2.51. The highest BCUT2D eigenvalue weighted by molar-refractivity contribution is 6.18. The van der Waals surface area contributed by atoms with Crippen molar-refractivity contribution in [3.63, 3.8) is 0 Å². The van der Waals surface area contributed by atoms with Crippen molar-refractivity contribution in [2.24, 2.45) is 0 Å². The van der Waals surface area contributed by atoms with Crippen molar-refractivity contribution in [2.45, 2.75) is 19.8 Å². The van der Waals surface area contributed by atoms with Crippen LogP contribution in [0.15, 0.2) is 11.8 Å². The zero-order chi connectivity index (χ0) is 11.4. The van der Waals surface area contributed by atoms with Gasteiger partial charge in [-0.2, -0.15) is 8.78 Å². The SMILES string of the molecule is CCOC=C(C(=O)O)C(=O)C(C)(F)F. The average Bonchev–Trinajstić information content (AvgIpc) is 2.02. The van der Waals surface area contributed by atoms with Crippen molar-refractivity contribution in [3.8, 4) is 0 Å². The predicted molar refractivity (Wildman–Crippen MR) is 43.0 cm³/mol. The van der Waals surface area contributed by atoms with Gasteiger partial charge in [0.25, 0.3) is 0 Å². The van der Waals surface area contributed by atoms with E-state index < -0.39 is 23.2 Å². The fourth-order valence-electron chi connectivity index (χ4n) is 0.604. The Morgan fingerprint density at radius 3 is 2.29 bits per heavy atom. The van der Waals surface area contributed by atoms with E-state index in [0.29, 0.717) is 13.2 Å².